The van der Waals surface area contributed by atoms with Gasteiger partial charge in [-0.3, -0.25) is 0 Å². The summed E-state index contributed by atoms with van der Waals surface area (Å²) in [5, 5.41) is 0. The number of rotatable bonds is 17. The Hall–Kier alpha value is -11.0. The van der Waals surface area contributed by atoms with Crippen LogP contribution in [0, 0.1) is 0 Å². The van der Waals surface area contributed by atoms with Crippen molar-refractivity contribution >= 4 is 57.6 Å². The lowest BCUT2D eigenvalue weighted by Crippen LogP contribution is -2.28. The number of benzene rings is 14. The Bertz CT molecular complexity index is 4990. The normalized spacial score (nSPS) is 15.7. The number of fused-ring (bicyclic) bond motifs is 8. The number of hydrogen-bond donors (Lipinski definition) is 0. The molecule has 0 aliphatic heterocycles. The van der Waals surface area contributed by atoms with E-state index >= 15 is 0 Å². The van der Waals surface area contributed by atoms with Crippen LogP contribution in [0.5, 0.6) is 11.5 Å². The Balaban J connectivity index is 0.700. The largest absolute Gasteiger partial charge is 0.497 e. The highest BCUT2D eigenvalue weighted by Crippen LogP contribution is 2.60. The van der Waals surface area contributed by atoms with E-state index < -0.39 is 10.8 Å². The molecule has 0 aromatic heterocycles. The van der Waals surface area contributed by atoms with Crippen molar-refractivity contribution < 1.29 is 9.47 Å². The van der Waals surface area contributed by atoms with Crippen LogP contribution in [-0.4, -0.2) is 14.2 Å². The van der Waals surface area contributed by atoms with E-state index in [1.807, 2.05) is 23.5 Å². The average molecular weight is 1300 g/mol. The van der Waals surface area contributed by atoms with Gasteiger partial charge in [0.2, 0.25) is 0 Å². The summed E-state index contributed by atoms with van der Waals surface area (Å²) in [6, 6.07) is 122. The van der Waals surface area contributed by atoms with Crippen LogP contribution < -0.4 is 19.3 Å². The third kappa shape index (κ3) is 9.99. The quantitative estimate of drug-likeness (QED) is 0.0901. The van der Waals surface area contributed by atoms with Crippen molar-refractivity contribution in [3.05, 3.63) is 394 Å². The molecular weight excluding hydrogens is 1230 g/mol. The predicted molar refractivity (Wildman–Crippen MR) is 405 cm³/mol. The van der Waals surface area contributed by atoms with Gasteiger partial charge in [-0.05, 0) is 271 Å². The molecule has 4 nitrogen and oxygen atoms in total. The zero-order valence-electron chi connectivity index (χ0n) is 54.5. The Morgan fingerprint density at radius 2 is 0.571 bits per heavy atom. The minimum atomic E-state index is -0.634. The van der Waals surface area contributed by atoms with E-state index in [0.29, 0.717) is 0 Å². The molecular formula is C92H68N2O2S2. The fourth-order valence-corrected chi connectivity index (χ4v) is 17.8. The topological polar surface area (TPSA) is 24.9 Å². The van der Waals surface area contributed by atoms with E-state index in [0.717, 1.165) is 56.8 Å². The van der Waals surface area contributed by atoms with Crippen molar-refractivity contribution in [2.24, 2.45) is 0 Å². The molecule has 0 spiro atoms. The van der Waals surface area contributed by atoms with Crippen LogP contribution in [-0.2, 0) is 36.5 Å². The highest BCUT2D eigenvalue weighted by molar-refractivity contribution is 7.99. The van der Waals surface area contributed by atoms with Crippen molar-refractivity contribution in [3.63, 3.8) is 0 Å². The lowest BCUT2D eigenvalue weighted by Gasteiger charge is -2.35. The zero-order valence-corrected chi connectivity index (χ0v) is 56.2. The Morgan fingerprint density at radius 3 is 0.929 bits per heavy atom. The molecule has 0 saturated carbocycles. The van der Waals surface area contributed by atoms with Gasteiger partial charge in [-0.1, -0.05) is 206 Å². The van der Waals surface area contributed by atoms with E-state index in [-0.39, 0.29) is 0 Å². The molecule has 4 aliphatic rings. The molecule has 0 bridgehead atoms. The van der Waals surface area contributed by atoms with E-state index in [1.54, 1.807) is 14.2 Å². The fourth-order valence-electron chi connectivity index (χ4n) is 16.0. The van der Waals surface area contributed by atoms with Crippen LogP contribution in [0.1, 0.15) is 66.8 Å². The smallest absolute Gasteiger partial charge is 0.118 e. The van der Waals surface area contributed by atoms with E-state index in [4.69, 9.17) is 9.47 Å². The molecule has 470 valence electrons. The molecule has 14 aromatic carbocycles. The van der Waals surface area contributed by atoms with Gasteiger partial charge in [0.05, 0.1) is 25.0 Å². The second-order valence-corrected chi connectivity index (χ2v) is 28.4. The van der Waals surface area contributed by atoms with Crippen molar-refractivity contribution in [3.8, 4) is 44.9 Å². The van der Waals surface area contributed by atoms with Crippen LogP contribution in [0.15, 0.2) is 347 Å². The lowest BCUT2D eigenvalue weighted by molar-refractivity contribution is 0.414. The van der Waals surface area contributed by atoms with Crippen LogP contribution in [0.3, 0.4) is 0 Å². The van der Waals surface area contributed by atoms with Gasteiger partial charge in [-0.25, -0.2) is 0 Å². The number of aryl methyl sites for hydroxylation is 4. The molecule has 6 heteroatoms. The van der Waals surface area contributed by atoms with Gasteiger partial charge in [0.15, 0.2) is 0 Å². The Morgan fingerprint density at radius 1 is 0.255 bits per heavy atom. The van der Waals surface area contributed by atoms with Gasteiger partial charge in [-0.2, -0.15) is 0 Å². The van der Waals surface area contributed by atoms with Gasteiger partial charge >= 0.3 is 0 Å². The average Bonchev–Trinajstić information content (AvgIpc) is 1.53. The van der Waals surface area contributed by atoms with Crippen molar-refractivity contribution in [1.82, 2.24) is 0 Å². The van der Waals surface area contributed by atoms with Crippen LogP contribution in [0.25, 0.3) is 33.4 Å². The SMILES string of the molecule is COc1ccc(C2(c3ccc(Sc4ccc5c(c4)CC5)cc3)c3ccccc3-c3ccc(N(c4ccccc4)c4ccc(-c5ccc(N(c6ccccc6)c6ccc7c(c6)C(c6ccc(OC)cc6)(c6ccc(Sc8ccc9c(c8)CC9)cc6)c6ccccc6-7)cc5)cc4)cc32)cc1. The zero-order chi connectivity index (χ0) is 65.3. The number of methoxy groups -OCH3 is 2. The first-order valence-corrected chi connectivity index (χ1v) is 35.5. The molecule has 0 heterocycles. The molecule has 4 aliphatic carbocycles. The molecule has 14 aromatic rings. The van der Waals surface area contributed by atoms with Gasteiger partial charge in [0, 0.05) is 53.7 Å². The van der Waals surface area contributed by atoms with Crippen molar-refractivity contribution in [2.45, 2.75) is 56.1 Å². The minimum Gasteiger partial charge on any atom is -0.497 e. The first-order chi connectivity index (χ1) is 48.4. The molecule has 0 saturated heterocycles. The van der Waals surface area contributed by atoms with E-state index in [1.165, 1.54) is 134 Å². The second-order valence-electron chi connectivity index (χ2n) is 26.1. The monoisotopic (exact) mass is 1300 g/mol. The maximum absolute atomic E-state index is 5.79. The molecule has 98 heavy (non-hydrogen) atoms. The number of nitrogens with zero attached hydrogens (tertiary/aromatic N) is 2. The molecule has 0 amide bonds. The molecule has 18 rings (SSSR count). The summed E-state index contributed by atoms with van der Waals surface area (Å²) < 4.78 is 11.6. The fraction of sp³-hybridized carbons (Fsp3) is 0.0870. The minimum absolute atomic E-state index is 0.634. The number of hydrogen-bond acceptors (Lipinski definition) is 6. The first kappa shape index (κ1) is 59.5. The van der Waals surface area contributed by atoms with E-state index in [2.05, 4.69) is 337 Å². The van der Waals surface area contributed by atoms with E-state index in [9.17, 15) is 0 Å². The maximum Gasteiger partial charge on any atom is 0.118 e. The molecule has 0 radical (unpaired) electrons. The number of para-hydroxylation sites is 2. The first-order valence-electron chi connectivity index (χ1n) is 33.9. The Kier molecular flexibility index (Phi) is 14.9. The molecule has 0 fully saturated rings. The Labute approximate surface area is 582 Å². The predicted octanol–water partition coefficient (Wildman–Crippen LogP) is 23.5. The highest BCUT2D eigenvalue weighted by atomic mass is 32.2. The molecule has 2 atom stereocenters. The van der Waals surface area contributed by atoms with Crippen LogP contribution in [0.4, 0.5) is 34.1 Å². The number of ether oxygens (including phenoxy) is 2. The second kappa shape index (κ2) is 24.6. The van der Waals surface area contributed by atoms with Crippen molar-refractivity contribution in [1.29, 1.82) is 0 Å². The van der Waals surface area contributed by atoms with Crippen molar-refractivity contribution in [2.75, 3.05) is 24.0 Å². The van der Waals surface area contributed by atoms with Gasteiger partial charge in [-0.15, -0.1) is 0 Å². The summed E-state index contributed by atoms with van der Waals surface area (Å²) in [5.74, 6) is 1.66. The summed E-state index contributed by atoms with van der Waals surface area (Å²) in [5.41, 5.74) is 28.1. The highest BCUT2D eigenvalue weighted by Gasteiger charge is 2.48. The lowest BCUT2D eigenvalue weighted by atomic mass is 9.67. The summed E-state index contributed by atoms with van der Waals surface area (Å²) >= 11 is 3.68. The summed E-state index contributed by atoms with van der Waals surface area (Å²) in [6.45, 7) is 0. The third-order valence-electron chi connectivity index (χ3n) is 21.0. The standard InChI is InChI=1S/C92H68N2O2S2/c1-95-77-45-31-67(32-46-77)91(69-35-51-79(52-36-69)97-81-49-29-63-21-23-65(63)57-81)87-19-11-9-17-83(87)85-55-43-75(59-89(85)91)93(71-13-5-3-6-14-71)73-39-25-61(26-40-73)62-27-41-74(42-28-62)94(72-15-7-4-8-16-72)76-44-56-86-84-18-10-12-20-88(84)92(90(86)60-76,68-33-47-78(96-2)48-34-68)70-37-53-80(54-38-70)98-82-50-30-64-22-24-66(64)58-82/h3-20,25-60H,21-24H2,1-2H3. The third-order valence-corrected chi connectivity index (χ3v) is 23.0. The maximum atomic E-state index is 5.79. The molecule has 2 unspecified atom stereocenters. The summed E-state index contributed by atoms with van der Waals surface area (Å²) in [4.78, 5) is 9.83. The summed E-state index contributed by atoms with van der Waals surface area (Å²) in [7, 11) is 3.48. The summed E-state index contributed by atoms with van der Waals surface area (Å²) in [6.07, 6.45) is 4.71. The van der Waals surface area contributed by atoms with Crippen LogP contribution in [0.2, 0.25) is 0 Å². The van der Waals surface area contributed by atoms with Gasteiger partial charge < -0.3 is 19.3 Å². The molecule has 0 N–H and O–H groups in total. The van der Waals surface area contributed by atoms with Crippen LogP contribution >= 0.6 is 23.5 Å². The van der Waals surface area contributed by atoms with Gasteiger partial charge in [0.1, 0.15) is 11.5 Å². The van der Waals surface area contributed by atoms with Gasteiger partial charge in [0.25, 0.3) is 0 Å². The number of anilines is 6.